The molecule has 0 spiro atoms. The van der Waals surface area contributed by atoms with Crippen molar-refractivity contribution in [3.63, 3.8) is 0 Å². The van der Waals surface area contributed by atoms with E-state index >= 15 is 0 Å². The second-order valence-corrected chi connectivity index (χ2v) is 6.08. The summed E-state index contributed by atoms with van der Waals surface area (Å²) in [6.07, 6.45) is 4.25. The van der Waals surface area contributed by atoms with Crippen molar-refractivity contribution in [2.24, 2.45) is 0 Å². The maximum Gasteiger partial charge on any atom is 0.182 e. The maximum absolute atomic E-state index is 12.9. The Morgan fingerprint density at radius 1 is 1.24 bits per heavy atom. The standard InChI is InChI=1S/C15H15FN2OS.BrH/c16-11-7-5-10(6-8-11)13(19)9-18-12-3-1-2-4-14(12)20-15(18)17;/h5-8,17H,1-4,9H2;1H. The molecule has 0 atom stereocenters. The summed E-state index contributed by atoms with van der Waals surface area (Å²) in [5, 5.41) is 8.03. The SMILES string of the molecule is Br.N=c1sc2c(n1CC(=O)c1ccc(F)cc1)CCCC2. The van der Waals surface area contributed by atoms with E-state index in [-0.39, 0.29) is 35.1 Å². The van der Waals surface area contributed by atoms with Crippen molar-refractivity contribution in [2.75, 3.05) is 0 Å². The zero-order valence-corrected chi connectivity index (χ0v) is 13.9. The van der Waals surface area contributed by atoms with Gasteiger partial charge in [0.1, 0.15) is 5.82 Å². The lowest BCUT2D eigenvalue weighted by molar-refractivity contribution is 0.0969. The Morgan fingerprint density at radius 3 is 2.62 bits per heavy atom. The number of ketones is 1. The minimum atomic E-state index is -0.344. The lowest BCUT2D eigenvalue weighted by Gasteiger charge is -2.14. The Kier molecular flexibility index (Phi) is 5.11. The molecule has 0 fully saturated rings. The van der Waals surface area contributed by atoms with Crippen molar-refractivity contribution in [2.45, 2.75) is 32.2 Å². The number of hydrogen-bond acceptors (Lipinski definition) is 3. The summed E-state index contributed by atoms with van der Waals surface area (Å²) in [6, 6.07) is 5.59. The minimum Gasteiger partial charge on any atom is -0.313 e. The van der Waals surface area contributed by atoms with E-state index in [4.69, 9.17) is 5.41 Å². The Labute approximate surface area is 136 Å². The lowest BCUT2D eigenvalue weighted by Crippen LogP contribution is -2.22. The van der Waals surface area contributed by atoms with Gasteiger partial charge in [-0.2, -0.15) is 0 Å². The van der Waals surface area contributed by atoms with Gasteiger partial charge in [0.2, 0.25) is 0 Å². The fourth-order valence-corrected chi connectivity index (χ4v) is 3.68. The van der Waals surface area contributed by atoms with Gasteiger partial charge in [0.05, 0.1) is 6.54 Å². The van der Waals surface area contributed by atoms with E-state index in [1.54, 1.807) is 0 Å². The van der Waals surface area contributed by atoms with E-state index in [2.05, 4.69) is 0 Å². The number of hydrogen-bond donors (Lipinski definition) is 1. The Balaban J connectivity index is 0.00000161. The van der Waals surface area contributed by atoms with Gasteiger partial charge in [0.25, 0.3) is 0 Å². The predicted molar refractivity (Wildman–Crippen MR) is 85.9 cm³/mol. The number of fused-ring (bicyclic) bond motifs is 1. The van der Waals surface area contributed by atoms with Gasteiger partial charge in [-0.05, 0) is 49.9 Å². The first kappa shape index (κ1) is 16.1. The number of nitrogens with one attached hydrogen (secondary N) is 1. The van der Waals surface area contributed by atoms with Crippen LogP contribution >= 0.6 is 28.3 Å². The highest BCUT2D eigenvalue weighted by molar-refractivity contribution is 8.93. The summed E-state index contributed by atoms with van der Waals surface area (Å²) in [7, 11) is 0. The molecule has 1 aromatic heterocycles. The number of rotatable bonds is 3. The highest BCUT2D eigenvalue weighted by Gasteiger charge is 2.18. The first-order chi connectivity index (χ1) is 9.65. The molecule has 0 saturated carbocycles. The molecule has 2 aromatic rings. The molecule has 1 heterocycles. The molecule has 1 aliphatic carbocycles. The maximum atomic E-state index is 12.9. The van der Waals surface area contributed by atoms with Gasteiger partial charge >= 0.3 is 0 Å². The van der Waals surface area contributed by atoms with E-state index in [1.807, 2.05) is 4.57 Å². The number of Topliss-reactive ketones (excluding diaryl/α,β-unsaturated/α-hetero) is 1. The topological polar surface area (TPSA) is 45.9 Å². The smallest absolute Gasteiger partial charge is 0.182 e. The summed E-state index contributed by atoms with van der Waals surface area (Å²) in [6.45, 7) is 0.177. The van der Waals surface area contributed by atoms with Gasteiger partial charge in [0, 0.05) is 16.1 Å². The van der Waals surface area contributed by atoms with Gasteiger partial charge in [-0.25, -0.2) is 4.39 Å². The summed E-state index contributed by atoms with van der Waals surface area (Å²) in [5.74, 6) is -0.419. The summed E-state index contributed by atoms with van der Waals surface area (Å²) in [5.41, 5.74) is 1.63. The molecule has 21 heavy (non-hydrogen) atoms. The van der Waals surface area contributed by atoms with E-state index in [1.165, 1.54) is 46.9 Å². The van der Waals surface area contributed by atoms with Gasteiger partial charge in [-0.15, -0.1) is 28.3 Å². The third kappa shape index (κ3) is 3.32. The van der Waals surface area contributed by atoms with Crippen molar-refractivity contribution >= 4 is 34.1 Å². The molecule has 0 radical (unpaired) electrons. The largest absolute Gasteiger partial charge is 0.313 e. The van der Waals surface area contributed by atoms with Gasteiger partial charge in [-0.1, -0.05) is 0 Å². The number of thiazole rings is 1. The molecule has 1 N–H and O–H groups in total. The minimum absolute atomic E-state index is 0. The van der Waals surface area contributed by atoms with Crippen molar-refractivity contribution < 1.29 is 9.18 Å². The second-order valence-electron chi connectivity index (χ2n) is 5.00. The van der Waals surface area contributed by atoms with Crippen LogP contribution in [0.4, 0.5) is 4.39 Å². The predicted octanol–water partition coefficient (Wildman–Crippen LogP) is 3.51. The van der Waals surface area contributed by atoms with Crippen LogP contribution in [0.5, 0.6) is 0 Å². The normalized spacial score (nSPS) is 13.4. The van der Waals surface area contributed by atoms with E-state index < -0.39 is 0 Å². The average Bonchev–Trinajstić information content (AvgIpc) is 2.76. The molecular weight excluding hydrogens is 355 g/mol. The van der Waals surface area contributed by atoms with Crippen molar-refractivity contribution in [3.8, 4) is 0 Å². The van der Waals surface area contributed by atoms with E-state index in [0.29, 0.717) is 10.4 Å². The molecule has 1 aromatic carbocycles. The molecule has 0 bridgehead atoms. The zero-order chi connectivity index (χ0) is 14.1. The molecule has 1 aliphatic rings. The Bertz CT molecular complexity index is 705. The fraction of sp³-hybridized carbons (Fsp3) is 0.333. The summed E-state index contributed by atoms with van der Waals surface area (Å²) < 4.78 is 14.7. The summed E-state index contributed by atoms with van der Waals surface area (Å²) in [4.78, 5) is 13.9. The monoisotopic (exact) mass is 370 g/mol. The first-order valence-corrected chi connectivity index (χ1v) is 7.51. The number of aryl methyl sites for hydroxylation is 1. The molecular formula is C15H16BrFN2OS. The molecule has 6 heteroatoms. The fourth-order valence-electron chi connectivity index (χ4n) is 2.59. The highest BCUT2D eigenvalue weighted by atomic mass is 79.9. The Morgan fingerprint density at radius 2 is 1.90 bits per heavy atom. The third-order valence-electron chi connectivity index (χ3n) is 3.65. The van der Waals surface area contributed by atoms with Crippen LogP contribution in [0.1, 0.15) is 33.8 Å². The molecule has 3 rings (SSSR count). The quantitative estimate of drug-likeness (QED) is 0.825. The van der Waals surface area contributed by atoms with Crippen LogP contribution in [0, 0.1) is 11.2 Å². The zero-order valence-electron chi connectivity index (χ0n) is 11.4. The average molecular weight is 371 g/mol. The number of nitrogens with zero attached hydrogens (tertiary/aromatic N) is 1. The molecule has 0 amide bonds. The van der Waals surface area contributed by atoms with E-state index in [9.17, 15) is 9.18 Å². The van der Waals surface area contributed by atoms with Crippen molar-refractivity contribution in [3.05, 3.63) is 51.0 Å². The number of halogens is 2. The molecule has 0 aliphatic heterocycles. The van der Waals surface area contributed by atoms with Crippen molar-refractivity contribution in [1.82, 2.24) is 4.57 Å². The van der Waals surface area contributed by atoms with Crippen LogP contribution < -0.4 is 4.80 Å². The van der Waals surface area contributed by atoms with Crippen molar-refractivity contribution in [1.29, 1.82) is 5.41 Å². The molecule has 0 saturated heterocycles. The summed E-state index contributed by atoms with van der Waals surface area (Å²) >= 11 is 1.47. The second kappa shape index (κ2) is 6.66. The Hall–Kier alpha value is -1.27. The van der Waals surface area contributed by atoms with Crippen LogP contribution in [-0.2, 0) is 19.4 Å². The molecule has 0 unspecified atom stereocenters. The highest BCUT2D eigenvalue weighted by Crippen LogP contribution is 2.23. The number of aromatic nitrogens is 1. The van der Waals surface area contributed by atoms with Gasteiger partial charge in [-0.3, -0.25) is 10.2 Å². The van der Waals surface area contributed by atoms with Gasteiger partial charge in [0.15, 0.2) is 10.6 Å². The van der Waals surface area contributed by atoms with Crippen LogP contribution in [0.3, 0.4) is 0 Å². The number of carbonyl (C=O) groups is 1. The molecule has 3 nitrogen and oxygen atoms in total. The third-order valence-corrected chi connectivity index (χ3v) is 4.75. The van der Waals surface area contributed by atoms with Crippen LogP contribution in [-0.4, -0.2) is 10.4 Å². The van der Waals surface area contributed by atoms with Crippen LogP contribution in [0.25, 0.3) is 0 Å². The van der Waals surface area contributed by atoms with Crippen LogP contribution in [0.2, 0.25) is 0 Å². The lowest BCUT2D eigenvalue weighted by atomic mass is 10.0. The van der Waals surface area contributed by atoms with Crippen LogP contribution in [0.15, 0.2) is 24.3 Å². The van der Waals surface area contributed by atoms with Gasteiger partial charge < -0.3 is 4.57 Å². The number of benzene rings is 1. The molecule has 112 valence electrons. The number of carbonyl (C=O) groups excluding carboxylic acids is 1. The first-order valence-electron chi connectivity index (χ1n) is 6.70. The van der Waals surface area contributed by atoms with E-state index in [0.717, 1.165) is 25.0 Å².